The fourth-order valence-electron chi connectivity index (χ4n) is 3.64. The van der Waals surface area contributed by atoms with Gasteiger partial charge in [0.25, 0.3) is 15.9 Å². The van der Waals surface area contributed by atoms with E-state index < -0.39 is 15.9 Å². The summed E-state index contributed by atoms with van der Waals surface area (Å²) in [5.41, 5.74) is 3.34. The number of hydrogen-bond donors (Lipinski definition) is 3. The van der Waals surface area contributed by atoms with Gasteiger partial charge >= 0.3 is 0 Å². The van der Waals surface area contributed by atoms with Crippen LogP contribution in [0.1, 0.15) is 15.9 Å². The summed E-state index contributed by atoms with van der Waals surface area (Å²) in [7, 11) is -0.892. The topological polar surface area (TPSA) is 106 Å². The fourth-order valence-corrected chi connectivity index (χ4v) is 4.98. The Morgan fingerprint density at radius 2 is 1.38 bits per heavy atom. The highest BCUT2D eigenvalue weighted by atomic mass is 32.2. The minimum Gasteiger partial charge on any atom is -0.497 e. The van der Waals surface area contributed by atoms with Gasteiger partial charge in [-0.15, -0.1) is 0 Å². The predicted octanol–water partition coefficient (Wildman–Crippen LogP) is 5.81. The monoisotopic (exact) mass is 517 g/mol. The second-order valence-electron chi connectivity index (χ2n) is 8.17. The zero-order valence-electron chi connectivity index (χ0n) is 20.6. The van der Waals surface area contributed by atoms with E-state index in [1.807, 2.05) is 36.4 Å². The maximum atomic E-state index is 13.1. The lowest BCUT2D eigenvalue weighted by atomic mass is 10.1. The molecule has 0 saturated heterocycles. The molecule has 0 fully saturated rings. The third-order valence-corrected chi connectivity index (χ3v) is 7.12. The maximum Gasteiger partial charge on any atom is 0.262 e. The first-order chi connectivity index (χ1) is 17.8. The normalized spacial score (nSPS) is 10.9. The van der Waals surface area contributed by atoms with Crippen molar-refractivity contribution in [2.45, 2.75) is 11.8 Å². The Balaban J connectivity index is 1.47. The largest absolute Gasteiger partial charge is 0.497 e. The molecule has 0 radical (unpaired) electrons. The van der Waals surface area contributed by atoms with Crippen molar-refractivity contribution in [3.8, 4) is 11.5 Å². The average molecular weight is 518 g/mol. The highest BCUT2D eigenvalue weighted by molar-refractivity contribution is 7.92. The number of rotatable bonds is 9. The summed E-state index contributed by atoms with van der Waals surface area (Å²) in [6.07, 6.45) is 0. The molecule has 4 aromatic rings. The van der Waals surface area contributed by atoms with E-state index >= 15 is 0 Å². The number of amides is 1. The number of methoxy groups -OCH3 is 2. The van der Waals surface area contributed by atoms with E-state index in [1.54, 1.807) is 62.6 Å². The minimum absolute atomic E-state index is 0.00472. The molecule has 0 heterocycles. The maximum absolute atomic E-state index is 13.1. The van der Waals surface area contributed by atoms with Gasteiger partial charge in [0.05, 0.1) is 24.8 Å². The summed E-state index contributed by atoms with van der Waals surface area (Å²) in [4.78, 5) is 12.9. The third kappa shape index (κ3) is 6.20. The molecule has 0 bridgehead atoms. The second kappa shape index (κ2) is 11.0. The number of sulfonamides is 1. The van der Waals surface area contributed by atoms with Gasteiger partial charge in [0.15, 0.2) is 0 Å². The summed E-state index contributed by atoms with van der Waals surface area (Å²) >= 11 is 0. The van der Waals surface area contributed by atoms with E-state index in [2.05, 4.69) is 15.4 Å². The van der Waals surface area contributed by atoms with E-state index in [9.17, 15) is 13.2 Å². The van der Waals surface area contributed by atoms with Crippen molar-refractivity contribution < 1.29 is 22.7 Å². The number of benzene rings is 4. The Kier molecular flexibility index (Phi) is 7.64. The van der Waals surface area contributed by atoms with Crippen LogP contribution in [0.3, 0.4) is 0 Å². The molecule has 37 heavy (non-hydrogen) atoms. The van der Waals surface area contributed by atoms with Gasteiger partial charge in [0.2, 0.25) is 0 Å². The van der Waals surface area contributed by atoms with Crippen LogP contribution in [0.2, 0.25) is 0 Å². The molecular weight excluding hydrogens is 490 g/mol. The predicted molar refractivity (Wildman–Crippen MR) is 146 cm³/mol. The highest BCUT2D eigenvalue weighted by Gasteiger charge is 2.21. The van der Waals surface area contributed by atoms with E-state index in [4.69, 9.17) is 9.47 Å². The molecule has 0 aliphatic carbocycles. The highest BCUT2D eigenvalue weighted by Crippen LogP contribution is 2.28. The van der Waals surface area contributed by atoms with Crippen molar-refractivity contribution in [1.82, 2.24) is 0 Å². The van der Waals surface area contributed by atoms with Crippen molar-refractivity contribution in [3.63, 3.8) is 0 Å². The number of aryl methyl sites for hydroxylation is 1. The summed E-state index contributed by atoms with van der Waals surface area (Å²) in [6, 6.07) is 26.0. The number of anilines is 4. The van der Waals surface area contributed by atoms with Gasteiger partial charge in [-0.2, -0.15) is 0 Å². The number of ether oxygens (including phenoxy) is 2. The quantitative estimate of drug-likeness (QED) is 0.259. The average Bonchev–Trinajstić information content (AvgIpc) is 2.90. The summed E-state index contributed by atoms with van der Waals surface area (Å²) < 4.78 is 39.2. The van der Waals surface area contributed by atoms with Crippen LogP contribution in [-0.4, -0.2) is 28.5 Å². The molecule has 0 aromatic heterocycles. The molecule has 4 rings (SSSR count). The smallest absolute Gasteiger partial charge is 0.262 e. The lowest BCUT2D eigenvalue weighted by Gasteiger charge is -2.14. The van der Waals surface area contributed by atoms with Crippen LogP contribution in [0.15, 0.2) is 95.9 Å². The molecule has 0 unspecified atom stereocenters. The molecule has 190 valence electrons. The van der Waals surface area contributed by atoms with Crippen LogP contribution in [0, 0.1) is 6.92 Å². The van der Waals surface area contributed by atoms with Crippen LogP contribution in [0.4, 0.5) is 22.7 Å². The Bertz CT molecular complexity index is 1500. The Labute approximate surface area is 216 Å². The summed E-state index contributed by atoms with van der Waals surface area (Å²) in [6.45, 7) is 1.67. The first-order valence-corrected chi connectivity index (χ1v) is 12.9. The second-order valence-corrected chi connectivity index (χ2v) is 9.82. The van der Waals surface area contributed by atoms with Crippen molar-refractivity contribution in [3.05, 3.63) is 102 Å². The Morgan fingerprint density at radius 3 is 2.03 bits per heavy atom. The molecule has 4 aromatic carbocycles. The molecule has 9 heteroatoms. The molecule has 0 saturated carbocycles. The minimum atomic E-state index is -3.97. The van der Waals surface area contributed by atoms with Crippen molar-refractivity contribution in [1.29, 1.82) is 0 Å². The van der Waals surface area contributed by atoms with Gasteiger partial charge < -0.3 is 20.1 Å². The summed E-state index contributed by atoms with van der Waals surface area (Å²) in [5, 5.41) is 6.09. The molecule has 0 spiro atoms. The number of carbonyl (C=O) groups is 1. The lowest BCUT2D eigenvalue weighted by Crippen LogP contribution is -2.17. The molecule has 0 atom stereocenters. The zero-order chi connectivity index (χ0) is 26.4. The van der Waals surface area contributed by atoms with Crippen molar-refractivity contribution in [2.24, 2.45) is 0 Å². The number of carbonyl (C=O) groups excluding carboxylic acids is 1. The molecule has 0 aliphatic rings. The van der Waals surface area contributed by atoms with Gasteiger partial charge in [-0.25, -0.2) is 8.42 Å². The Morgan fingerprint density at radius 1 is 0.757 bits per heavy atom. The van der Waals surface area contributed by atoms with E-state index in [1.165, 1.54) is 13.2 Å². The van der Waals surface area contributed by atoms with E-state index in [-0.39, 0.29) is 10.5 Å². The molecule has 8 nitrogen and oxygen atoms in total. The van der Waals surface area contributed by atoms with Crippen molar-refractivity contribution in [2.75, 3.05) is 29.6 Å². The molecular formula is C28H27N3O5S. The zero-order valence-corrected chi connectivity index (χ0v) is 21.4. The first kappa shape index (κ1) is 25.6. The number of para-hydroxylation sites is 2. The molecule has 1 amide bonds. The molecule has 3 N–H and O–H groups in total. The lowest BCUT2D eigenvalue weighted by molar-refractivity contribution is 0.102. The van der Waals surface area contributed by atoms with Gasteiger partial charge in [-0.1, -0.05) is 18.2 Å². The van der Waals surface area contributed by atoms with E-state index in [0.29, 0.717) is 22.7 Å². The molecule has 0 aliphatic heterocycles. The van der Waals surface area contributed by atoms with Crippen LogP contribution in [0.5, 0.6) is 11.5 Å². The van der Waals surface area contributed by atoms with Gasteiger partial charge in [-0.3, -0.25) is 9.52 Å². The van der Waals surface area contributed by atoms with Gasteiger partial charge in [0, 0.05) is 22.6 Å². The summed E-state index contributed by atoms with van der Waals surface area (Å²) in [5.74, 6) is 0.735. The third-order valence-electron chi connectivity index (χ3n) is 5.61. The van der Waals surface area contributed by atoms with Gasteiger partial charge in [0.1, 0.15) is 11.5 Å². The van der Waals surface area contributed by atoms with Crippen molar-refractivity contribution >= 4 is 38.7 Å². The SMILES string of the molecule is COc1ccc(Nc2ccc(NC(=O)c3ccc(C)c(S(=O)(=O)Nc4ccccc4OC)c3)cc2)cc1. The number of nitrogens with one attached hydrogen (secondary N) is 3. The fraction of sp³-hybridized carbons (Fsp3) is 0.107. The standard InChI is InChI=1S/C28H27N3O5S/c1-19-8-9-20(18-27(19)37(33,34)31-25-6-4-5-7-26(25)36-3)28(32)30-23-12-10-21(11-13-23)29-22-14-16-24(35-2)17-15-22/h4-18,29,31H,1-3H3,(H,30,32). The van der Waals surface area contributed by atoms with E-state index in [0.717, 1.165) is 17.1 Å². The van der Waals surface area contributed by atoms with Crippen LogP contribution >= 0.6 is 0 Å². The first-order valence-electron chi connectivity index (χ1n) is 11.4. The van der Waals surface area contributed by atoms with Crippen LogP contribution in [0.25, 0.3) is 0 Å². The Hall–Kier alpha value is -4.50. The number of hydrogen-bond acceptors (Lipinski definition) is 6. The van der Waals surface area contributed by atoms with Crippen LogP contribution in [-0.2, 0) is 10.0 Å². The van der Waals surface area contributed by atoms with Crippen LogP contribution < -0.4 is 24.8 Å². The van der Waals surface area contributed by atoms with Gasteiger partial charge in [-0.05, 0) is 85.3 Å².